The van der Waals surface area contributed by atoms with Gasteiger partial charge in [-0.05, 0) is 36.2 Å². The van der Waals surface area contributed by atoms with Crippen LogP contribution in [0.3, 0.4) is 0 Å². The number of aryl methyl sites for hydroxylation is 2. The second-order valence-electron chi connectivity index (χ2n) is 5.37. The first kappa shape index (κ1) is 14.4. The average molecular weight is 295 g/mol. The normalized spacial score (nSPS) is 11.0. The minimum Gasteiger partial charge on any atom is -0.492 e. The highest BCUT2D eigenvalue weighted by atomic mass is 16.5. The lowest BCUT2D eigenvalue weighted by atomic mass is 10.2. The molecule has 0 amide bonds. The summed E-state index contributed by atoms with van der Waals surface area (Å²) in [4.78, 5) is 0. The third-order valence-electron chi connectivity index (χ3n) is 4.02. The maximum absolute atomic E-state index is 8.23. The van der Waals surface area contributed by atoms with Crippen LogP contribution in [-0.2, 0) is 20.0 Å². The van der Waals surface area contributed by atoms with Gasteiger partial charge in [0.1, 0.15) is 12.4 Å². The van der Waals surface area contributed by atoms with E-state index in [1.807, 2.05) is 52.6 Å². The van der Waals surface area contributed by atoms with Crippen molar-refractivity contribution < 1.29 is 4.74 Å². The average Bonchev–Trinajstić information content (AvgIpc) is 2.81. The van der Waals surface area contributed by atoms with E-state index < -0.39 is 0 Å². The van der Waals surface area contributed by atoms with Gasteiger partial charge in [0, 0.05) is 7.05 Å². The number of rotatable bonds is 5. The summed E-state index contributed by atoms with van der Waals surface area (Å²) < 4.78 is 9.69. The summed E-state index contributed by atoms with van der Waals surface area (Å²) in [6.45, 7) is 3.36. The lowest BCUT2D eigenvalue weighted by Crippen LogP contribution is -2.24. The molecule has 0 fully saturated rings. The number of nitrogens with one attached hydrogen (secondary N) is 1. The molecule has 0 bridgehead atoms. The number of hydrogen-bond acceptors (Lipinski definition) is 2. The lowest BCUT2D eigenvalue weighted by molar-refractivity contribution is 0.297. The Morgan fingerprint density at radius 2 is 1.68 bits per heavy atom. The molecule has 1 heterocycles. The number of hydrogen-bond donors (Lipinski definition) is 1. The molecular formula is C18H21N3O. The predicted molar refractivity (Wildman–Crippen MR) is 88.1 cm³/mol. The van der Waals surface area contributed by atoms with Gasteiger partial charge in [-0.25, -0.2) is 0 Å². The highest BCUT2D eigenvalue weighted by molar-refractivity contribution is 5.75. The molecule has 114 valence electrons. The van der Waals surface area contributed by atoms with Crippen molar-refractivity contribution in [3.8, 4) is 5.75 Å². The molecule has 4 nitrogen and oxygen atoms in total. The zero-order valence-electron chi connectivity index (χ0n) is 13.0. The molecule has 4 heteroatoms. The number of nitrogens with zero attached hydrogens (tertiary/aromatic N) is 2. The van der Waals surface area contributed by atoms with E-state index in [4.69, 9.17) is 10.1 Å². The smallest absolute Gasteiger partial charge is 0.202 e. The molecule has 0 aliphatic carbocycles. The summed E-state index contributed by atoms with van der Waals surface area (Å²) >= 11 is 0. The Hall–Kier alpha value is -2.49. The van der Waals surface area contributed by atoms with Crippen molar-refractivity contribution in [1.29, 1.82) is 5.41 Å². The molecule has 0 spiro atoms. The standard InChI is InChI=1S/C18H21N3O/c1-3-14-8-10-15(11-9-14)22-13-12-21-17-7-5-4-6-16(17)20(2)18(21)19/h4-11,19H,3,12-13H2,1-2H3. The quantitative estimate of drug-likeness (QED) is 0.772. The van der Waals surface area contributed by atoms with Gasteiger partial charge >= 0.3 is 0 Å². The van der Waals surface area contributed by atoms with Crippen LogP contribution in [-0.4, -0.2) is 15.7 Å². The minimum atomic E-state index is 0.492. The van der Waals surface area contributed by atoms with Crippen molar-refractivity contribution in [2.24, 2.45) is 7.05 Å². The Labute approximate surface area is 130 Å². The zero-order chi connectivity index (χ0) is 15.5. The van der Waals surface area contributed by atoms with E-state index in [-0.39, 0.29) is 0 Å². The molecule has 2 aromatic carbocycles. The molecule has 0 aliphatic heterocycles. The summed E-state index contributed by atoms with van der Waals surface area (Å²) in [6, 6.07) is 16.3. The fourth-order valence-corrected chi connectivity index (χ4v) is 2.69. The van der Waals surface area contributed by atoms with Crippen LogP contribution < -0.4 is 10.4 Å². The highest BCUT2D eigenvalue weighted by Crippen LogP contribution is 2.14. The van der Waals surface area contributed by atoms with Gasteiger partial charge in [0.25, 0.3) is 0 Å². The summed E-state index contributed by atoms with van der Waals surface area (Å²) in [5, 5.41) is 8.23. The number of benzene rings is 2. The summed E-state index contributed by atoms with van der Waals surface area (Å²) in [5.74, 6) is 0.879. The predicted octanol–water partition coefficient (Wildman–Crippen LogP) is 3.10. The summed E-state index contributed by atoms with van der Waals surface area (Å²) in [5.41, 5.74) is 3.94. The van der Waals surface area contributed by atoms with Crippen LogP contribution in [0.4, 0.5) is 0 Å². The van der Waals surface area contributed by atoms with Crippen LogP contribution in [0.5, 0.6) is 5.75 Å². The van der Waals surface area contributed by atoms with E-state index in [1.165, 1.54) is 5.56 Å². The van der Waals surface area contributed by atoms with Crippen LogP contribution in [0.2, 0.25) is 0 Å². The van der Waals surface area contributed by atoms with Crippen molar-refractivity contribution in [2.75, 3.05) is 6.61 Å². The molecule has 22 heavy (non-hydrogen) atoms. The van der Waals surface area contributed by atoms with Crippen molar-refractivity contribution in [2.45, 2.75) is 19.9 Å². The maximum Gasteiger partial charge on any atom is 0.202 e. The second kappa shape index (κ2) is 6.10. The van der Waals surface area contributed by atoms with Gasteiger partial charge in [-0.15, -0.1) is 0 Å². The summed E-state index contributed by atoms with van der Waals surface area (Å²) in [6.07, 6.45) is 1.04. The van der Waals surface area contributed by atoms with Gasteiger partial charge in [-0.1, -0.05) is 31.2 Å². The number of fused-ring (bicyclic) bond motifs is 1. The lowest BCUT2D eigenvalue weighted by Gasteiger charge is -2.08. The van der Waals surface area contributed by atoms with Crippen molar-refractivity contribution in [1.82, 2.24) is 9.13 Å². The van der Waals surface area contributed by atoms with Crippen LogP contribution in [0, 0.1) is 5.41 Å². The first-order valence-electron chi connectivity index (χ1n) is 7.61. The topological polar surface area (TPSA) is 42.9 Å². The zero-order valence-corrected chi connectivity index (χ0v) is 13.0. The Kier molecular flexibility index (Phi) is 4.00. The van der Waals surface area contributed by atoms with Crippen molar-refractivity contribution in [3.63, 3.8) is 0 Å². The van der Waals surface area contributed by atoms with E-state index in [1.54, 1.807) is 0 Å². The Bertz CT molecular complexity index is 828. The first-order valence-corrected chi connectivity index (χ1v) is 7.61. The maximum atomic E-state index is 8.23. The van der Waals surface area contributed by atoms with Crippen LogP contribution in [0.1, 0.15) is 12.5 Å². The fraction of sp³-hybridized carbons (Fsp3) is 0.278. The molecule has 3 rings (SSSR count). The van der Waals surface area contributed by atoms with E-state index >= 15 is 0 Å². The molecule has 1 N–H and O–H groups in total. The molecule has 1 aromatic heterocycles. The monoisotopic (exact) mass is 295 g/mol. The van der Waals surface area contributed by atoms with E-state index in [2.05, 4.69) is 19.1 Å². The van der Waals surface area contributed by atoms with Gasteiger partial charge in [-0.2, -0.15) is 0 Å². The van der Waals surface area contributed by atoms with Crippen LogP contribution >= 0.6 is 0 Å². The third kappa shape index (κ3) is 2.64. The molecule has 0 saturated heterocycles. The van der Waals surface area contributed by atoms with Crippen LogP contribution in [0.25, 0.3) is 11.0 Å². The number of ether oxygens (including phenoxy) is 1. The largest absolute Gasteiger partial charge is 0.492 e. The third-order valence-corrected chi connectivity index (χ3v) is 4.02. The van der Waals surface area contributed by atoms with Crippen molar-refractivity contribution in [3.05, 3.63) is 59.7 Å². The Morgan fingerprint density at radius 1 is 1.00 bits per heavy atom. The van der Waals surface area contributed by atoms with Gasteiger partial charge in [-0.3, -0.25) is 5.41 Å². The molecular weight excluding hydrogens is 274 g/mol. The van der Waals surface area contributed by atoms with E-state index in [0.717, 1.165) is 23.2 Å². The number of aromatic nitrogens is 2. The van der Waals surface area contributed by atoms with Crippen molar-refractivity contribution >= 4 is 11.0 Å². The Balaban J connectivity index is 1.74. The molecule has 0 unspecified atom stereocenters. The van der Waals surface area contributed by atoms with Gasteiger partial charge in [0.15, 0.2) is 0 Å². The second-order valence-corrected chi connectivity index (χ2v) is 5.37. The fourth-order valence-electron chi connectivity index (χ4n) is 2.69. The summed E-state index contributed by atoms with van der Waals surface area (Å²) in [7, 11) is 1.92. The van der Waals surface area contributed by atoms with Gasteiger partial charge < -0.3 is 13.9 Å². The SMILES string of the molecule is CCc1ccc(OCCn2c(=N)n(C)c3ccccc32)cc1. The molecule has 0 atom stereocenters. The van der Waals surface area contributed by atoms with Gasteiger partial charge in [0.05, 0.1) is 17.6 Å². The minimum absolute atomic E-state index is 0.492. The molecule has 0 aliphatic rings. The number of imidazole rings is 1. The first-order chi connectivity index (χ1) is 10.7. The van der Waals surface area contributed by atoms with E-state index in [0.29, 0.717) is 18.8 Å². The molecule has 3 aromatic rings. The van der Waals surface area contributed by atoms with E-state index in [9.17, 15) is 0 Å². The molecule has 0 radical (unpaired) electrons. The highest BCUT2D eigenvalue weighted by Gasteiger charge is 2.07. The molecule has 0 saturated carbocycles. The van der Waals surface area contributed by atoms with Crippen LogP contribution in [0.15, 0.2) is 48.5 Å². The Morgan fingerprint density at radius 3 is 2.36 bits per heavy atom. The number of para-hydroxylation sites is 2. The van der Waals surface area contributed by atoms with Gasteiger partial charge in [0.2, 0.25) is 5.62 Å².